The number of rotatable bonds is 7. The molecule has 7 nitrogen and oxygen atoms in total. The number of carbonyl (C=O) groups is 2. The molecule has 2 aromatic rings. The molecule has 0 aliphatic rings. The third-order valence-corrected chi connectivity index (χ3v) is 3.05. The highest BCUT2D eigenvalue weighted by molar-refractivity contribution is 5.89. The molecule has 2 aromatic carbocycles. The molecule has 0 saturated carbocycles. The normalized spacial score (nSPS) is 9.83. The summed E-state index contributed by atoms with van der Waals surface area (Å²) in [4.78, 5) is 21.9. The molecule has 0 saturated heterocycles. The Morgan fingerprint density at radius 3 is 2.25 bits per heavy atom. The molecule has 2 rings (SSSR count). The first-order valence-electron chi connectivity index (χ1n) is 7.42. The van der Waals surface area contributed by atoms with Crippen molar-refractivity contribution < 1.29 is 19.4 Å². The van der Waals surface area contributed by atoms with Gasteiger partial charge in [-0.05, 0) is 29.8 Å². The van der Waals surface area contributed by atoms with Crippen molar-refractivity contribution >= 4 is 17.8 Å². The van der Waals surface area contributed by atoms with Gasteiger partial charge in [-0.1, -0.05) is 30.3 Å². The summed E-state index contributed by atoms with van der Waals surface area (Å²) in [5, 5.41) is 15.8. The van der Waals surface area contributed by atoms with Crippen molar-refractivity contribution in [3.8, 4) is 5.75 Å². The van der Waals surface area contributed by atoms with E-state index in [9.17, 15) is 9.59 Å². The molecule has 0 spiro atoms. The van der Waals surface area contributed by atoms with Crippen LogP contribution in [0.3, 0.4) is 0 Å². The number of ether oxygens (including phenoxy) is 1. The van der Waals surface area contributed by atoms with Gasteiger partial charge in [0, 0.05) is 18.8 Å². The second-order valence-corrected chi connectivity index (χ2v) is 4.91. The highest BCUT2D eigenvalue weighted by Gasteiger charge is 2.02. The lowest BCUT2D eigenvalue weighted by atomic mass is 10.2. The SMILES string of the molecule is O=C(O)NCCNC(=O)Nc1ccc(OCc2ccccc2)cc1. The smallest absolute Gasteiger partial charge is 0.404 e. The Morgan fingerprint density at radius 2 is 1.58 bits per heavy atom. The average molecular weight is 329 g/mol. The number of nitrogens with one attached hydrogen (secondary N) is 3. The first-order chi connectivity index (χ1) is 11.6. The van der Waals surface area contributed by atoms with Crippen LogP contribution < -0.4 is 20.7 Å². The van der Waals surface area contributed by atoms with E-state index in [0.717, 1.165) is 5.56 Å². The Hall–Kier alpha value is -3.22. The molecule has 0 aliphatic heterocycles. The van der Waals surface area contributed by atoms with Crippen LogP contribution in [0, 0.1) is 0 Å². The molecule has 4 N–H and O–H groups in total. The minimum Gasteiger partial charge on any atom is -0.489 e. The fraction of sp³-hybridized carbons (Fsp3) is 0.176. The summed E-state index contributed by atoms with van der Waals surface area (Å²) in [7, 11) is 0. The van der Waals surface area contributed by atoms with Crippen LogP contribution >= 0.6 is 0 Å². The van der Waals surface area contributed by atoms with E-state index in [1.165, 1.54) is 0 Å². The minimum atomic E-state index is -1.12. The maximum atomic E-state index is 11.6. The highest BCUT2D eigenvalue weighted by Crippen LogP contribution is 2.17. The van der Waals surface area contributed by atoms with E-state index in [-0.39, 0.29) is 13.1 Å². The lowest BCUT2D eigenvalue weighted by Crippen LogP contribution is -2.36. The van der Waals surface area contributed by atoms with Gasteiger partial charge in [-0.15, -0.1) is 0 Å². The number of hydrogen-bond donors (Lipinski definition) is 4. The standard InChI is InChI=1S/C17H19N3O4/c21-16(18-10-11-19-17(22)23)20-14-6-8-15(9-7-14)24-12-13-4-2-1-3-5-13/h1-9,19H,10-12H2,(H,22,23)(H2,18,20,21). The van der Waals surface area contributed by atoms with Crippen LogP contribution in [0.5, 0.6) is 5.75 Å². The molecule has 0 aromatic heterocycles. The molecule has 0 heterocycles. The Bertz CT molecular complexity index is 659. The zero-order valence-corrected chi connectivity index (χ0v) is 13.0. The number of amides is 3. The van der Waals surface area contributed by atoms with E-state index in [1.54, 1.807) is 24.3 Å². The summed E-state index contributed by atoms with van der Waals surface area (Å²) >= 11 is 0. The van der Waals surface area contributed by atoms with Crippen LogP contribution in [0.1, 0.15) is 5.56 Å². The number of anilines is 1. The van der Waals surface area contributed by atoms with Gasteiger partial charge in [0.05, 0.1) is 0 Å². The van der Waals surface area contributed by atoms with Crippen molar-refractivity contribution in [1.82, 2.24) is 10.6 Å². The third kappa shape index (κ3) is 6.27. The molecule has 126 valence electrons. The predicted molar refractivity (Wildman–Crippen MR) is 90.3 cm³/mol. The molecule has 0 radical (unpaired) electrons. The van der Waals surface area contributed by atoms with Crippen molar-refractivity contribution in [2.24, 2.45) is 0 Å². The molecule has 0 atom stereocenters. The maximum Gasteiger partial charge on any atom is 0.404 e. The van der Waals surface area contributed by atoms with E-state index >= 15 is 0 Å². The molecule has 0 aliphatic carbocycles. The molecule has 24 heavy (non-hydrogen) atoms. The van der Waals surface area contributed by atoms with Gasteiger partial charge in [0.15, 0.2) is 0 Å². The van der Waals surface area contributed by atoms with E-state index < -0.39 is 12.1 Å². The zero-order valence-electron chi connectivity index (χ0n) is 13.0. The quantitative estimate of drug-likeness (QED) is 0.587. The number of benzene rings is 2. The van der Waals surface area contributed by atoms with Crippen LogP contribution in [0.2, 0.25) is 0 Å². The number of hydrogen-bond acceptors (Lipinski definition) is 3. The lowest BCUT2D eigenvalue weighted by molar-refractivity contribution is 0.194. The molecule has 0 unspecified atom stereocenters. The van der Waals surface area contributed by atoms with Gasteiger partial charge in [0.2, 0.25) is 0 Å². The number of carboxylic acid groups (broad SMARTS) is 1. The van der Waals surface area contributed by atoms with E-state index in [2.05, 4.69) is 16.0 Å². The van der Waals surface area contributed by atoms with E-state index in [4.69, 9.17) is 9.84 Å². The van der Waals surface area contributed by atoms with Gasteiger partial charge in [-0.3, -0.25) is 0 Å². The first kappa shape index (κ1) is 17.1. The van der Waals surface area contributed by atoms with Gasteiger partial charge in [0.25, 0.3) is 0 Å². The monoisotopic (exact) mass is 329 g/mol. The minimum absolute atomic E-state index is 0.148. The molecular formula is C17H19N3O4. The second-order valence-electron chi connectivity index (χ2n) is 4.91. The molecule has 3 amide bonds. The fourth-order valence-corrected chi connectivity index (χ4v) is 1.90. The van der Waals surface area contributed by atoms with Crippen LogP contribution in [-0.2, 0) is 6.61 Å². The Morgan fingerprint density at radius 1 is 0.917 bits per heavy atom. The summed E-state index contributed by atoms with van der Waals surface area (Å²) in [6.07, 6.45) is -1.12. The van der Waals surface area contributed by atoms with Gasteiger partial charge < -0.3 is 25.8 Å². The molecule has 0 bridgehead atoms. The zero-order chi connectivity index (χ0) is 17.2. The molecule has 7 heteroatoms. The van der Waals surface area contributed by atoms with Crippen LogP contribution in [0.4, 0.5) is 15.3 Å². The summed E-state index contributed by atoms with van der Waals surface area (Å²) in [5.41, 5.74) is 1.69. The predicted octanol–water partition coefficient (Wildman–Crippen LogP) is 2.65. The van der Waals surface area contributed by atoms with Gasteiger partial charge >= 0.3 is 12.1 Å². The van der Waals surface area contributed by atoms with Crippen LogP contribution in [0.15, 0.2) is 54.6 Å². The molecular weight excluding hydrogens is 310 g/mol. The Kier molecular flexibility index (Phi) is 6.46. The second kappa shape index (κ2) is 9.04. The summed E-state index contributed by atoms with van der Waals surface area (Å²) in [5.74, 6) is 0.704. The maximum absolute atomic E-state index is 11.6. The fourth-order valence-electron chi connectivity index (χ4n) is 1.90. The van der Waals surface area contributed by atoms with Crippen molar-refractivity contribution in [2.45, 2.75) is 6.61 Å². The average Bonchev–Trinajstić information content (AvgIpc) is 2.59. The van der Waals surface area contributed by atoms with Crippen molar-refractivity contribution in [3.63, 3.8) is 0 Å². The summed E-state index contributed by atoms with van der Waals surface area (Å²) in [6.45, 7) is 0.829. The van der Waals surface area contributed by atoms with Gasteiger partial charge in [0.1, 0.15) is 12.4 Å². The summed E-state index contributed by atoms with van der Waals surface area (Å²) < 4.78 is 5.66. The summed E-state index contributed by atoms with van der Waals surface area (Å²) in [6, 6.07) is 16.4. The first-order valence-corrected chi connectivity index (χ1v) is 7.42. The molecule has 0 fully saturated rings. The van der Waals surface area contributed by atoms with Crippen LogP contribution in [-0.4, -0.2) is 30.3 Å². The number of carbonyl (C=O) groups excluding carboxylic acids is 1. The lowest BCUT2D eigenvalue weighted by Gasteiger charge is -2.09. The third-order valence-electron chi connectivity index (χ3n) is 3.05. The Balaban J connectivity index is 1.73. The van der Waals surface area contributed by atoms with Crippen molar-refractivity contribution in [3.05, 3.63) is 60.2 Å². The highest BCUT2D eigenvalue weighted by atomic mass is 16.5. The number of urea groups is 1. The van der Waals surface area contributed by atoms with Crippen LogP contribution in [0.25, 0.3) is 0 Å². The van der Waals surface area contributed by atoms with E-state index in [1.807, 2.05) is 30.3 Å². The van der Waals surface area contributed by atoms with Crippen molar-refractivity contribution in [2.75, 3.05) is 18.4 Å². The van der Waals surface area contributed by atoms with Gasteiger partial charge in [-0.25, -0.2) is 9.59 Å². The van der Waals surface area contributed by atoms with Crippen molar-refractivity contribution in [1.29, 1.82) is 0 Å². The van der Waals surface area contributed by atoms with E-state index in [0.29, 0.717) is 18.0 Å². The topological polar surface area (TPSA) is 99.7 Å². The Labute approximate surface area is 139 Å². The largest absolute Gasteiger partial charge is 0.489 e. The van der Waals surface area contributed by atoms with Gasteiger partial charge in [-0.2, -0.15) is 0 Å².